The fourth-order valence-corrected chi connectivity index (χ4v) is 3.14. The second-order valence-corrected chi connectivity index (χ2v) is 7.18. The summed E-state index contributed by atoms with van der Waals surface area (Å²) in [6, 6.07) is 9.80. The van der Waals surface area contributed by atoms with E-state index in [0.29, 0.717) is 11.4 Å². The van der Waals surface area contributed by atoms with E-state index in [9.17, 15) is 18.4 Å². The molecule has 0 N–H and O–H groups in total. The maximum Gasteiger partial charge on any atom is 0.337 e. The van der Waals surface area contributed by atoms with Crippen LogP contribution in [0.1, 0.15) is 27.3 Å². The van der Waals surface area contributed by atoms with Gasteiger partial charge in [0.1, 0.15) is 28.5 Å². The Morgan fingerprint density at radius 2 is 1.87 bits per heavy atom. The number of methoxy groups -OCH3 is 1. The van der Waals surface area contributed by atoms with Crippen molar-refractivity contribution in [2.24, 2.45) is 0 Å². The summed E-state index contributed by atoms with van der Waals surface area (Å²) in [6.07, 6.45) is 0. The molecule has 0 fully saturated rings. The summed E-state index contributed by atoms with van der Waals surface area (Å²) in [7, 11) is 1.30. The van der Waals surface area contributed by atoms with Crippen LogP contribution in [-0.4, -0.2) is 22.6 Å². The van der Waals surface area contributed by atoms with Gasteiger partial charge in [-0.1, -0.05) is 12.1 Å². The Morgan fingerprint density at radius 3 is 2.50 bits per heavy atom. The minimum atomic E-state index is -0.744. The Kier molecular flexibility index (Phi) is 6.61. The summed E-state index contributed by atoms with van der Waals surface area (Å²) >= 11 is 3.19. The van der Waals surface area contributed by atoms with Crippen LogP contribution in [0.15, 0.2) is 51.7 Å². The second kappa shape index (κ2) is 9.17. The van der Waals surface area contributed by atoms with E-state index in [1.54, 1.807) is 31.2 Å². The molecule has 156 valence electrons. The monoisotopic (exact) mass is 478 g/mol. The van der Waals surface area contributed by atoms with Crippen LogP contribution in [0, 0.1) is 18.6 Å². The minimum Gasteiger partial charge on any atom is -0.472 e. The summed E-state index contributed by atoms with van der Waals surface area (Å²) in [5.74, 6) is -1.48. The average molecular weight is 479 g/mol. The number of benzene rings is 2. The summed E-state index contributed by atoms with van der Waals surface area (Å²) in [6.45, 7) is 1.65. The van der Waals surface area contributed by atoms with Gasteiger partial charge in [-0.05, 0) is 52.7 Å². The third-order valence-corrected chi connectivity index (χ3v) is 5.05. The predicted molar refractivity (Wildman–Crippen MR) is 109 cm³/mol. The minimum absolute atomic E-state index is 0.0125. The first-order valence-corrected chi connectivity index (χ1v) is 9.60. The SMILES string of the molecule is COC(=O)c1ccc(Cn2c(C)nc(OCc3ccc(F)cc3F)c(Br)c2=O)cc1. The Hall–Kier alpha value is -3.07. The molecule has 0 amide bonds. The Balaban J connectivity index is 1.80. The summed E-state index contributed by atoms with van der Waals surface area (Å²) < 4.78 is 38.5. The summed E-state index contributed by atoms with van der Waals surface area (Å²) in [5.41, 5.74) is 0.941. The van der Waals surface area contributed by atoms with Crippen molar-refractivity contribution in [3.05, 3.63) is 91.4 Å². The standard InChI is InChI=1S/C21H17BrF2N2O4/c1-12-25-19(30-11-15-7-8-16(23)9-17(15)24)18(22)20(27)26(12)10-13-3-5-14(6-4-13)21(28)29-2/h3-9H,10-11H2,1-2H3. The highest BCUT2D eigenvalue weighted by atomic mass is 79.9. The molecule has 0 aliphatic heterocycles. The molecule has 0 spiro atoms. The van der Waals surface area contributed by atoms with E-state index < -0.39 is 17.6 Å². The molecule has 6 nitrogen and oxygen atoms in total. The molecular formula is C21H17BrF2N2O4. The van der Waals surface area contributed by atoms with E-state index >= 15 is 0 Å². The molecule has 30 heavy (non-hydrogen) atoms. The first kappa shape index (κ1) is 21.6. The van der Waals surface area contributed by atoms with E-state index in [4.69, 9.17) is 4.74 Å². The molecule has 0 saturated heterocycles. The molecule has 3 rings (SSSR count). The average Bonchev–Trinajstić information content (AvgIpc) is 2.73. The van der Waals surface area contributed by atoms with Crippen molar-refractivity contribution in [1.29, 1.82) is 0 Å². The highest BCUT2D eigenvalue weighted by Crippen LogP contribution is 2.21. The zero-order chi connectivity index (χ0) is 21.8. The van der Waals surface area contributed by atoms with Crippen LogP contribution >= 0.6 is 15.9 Å². The van der Waals surface area contributed by atoms with Crippen LogP contribution in [0.25, 0.3) is 0 Å². The van der Waals surface area contributed by atoms with Gasteiger partial charge in [0, 0.05) is 11.6 Å². The lowest BCUT2D eigenvalue weighted by Crippen LogP contribution is -2.25. The normalized spacial score (nSPS) is 10.7. The van der Waals surface area contributed by atoms with E-state index in [-0.39, 0.29) is 34.6 Å². The van der Waals surface area contributed by atoms with Gasteiger partial charge in [0.05, 0.1) is 19.2 Å². The second-order valence-electron chi connectivity index (χ2n) is 6.38. The lowest BCUT2D eigenvalue weighted by Gasteiger charge is -2.14. The predicted octanol–water partition coefficient (Wildman–Crippen LogP) is 4.01. The van der Waals surface area contributed by atoms with E-state index in [1.165, 1.54) is 17.7 Å². The van der Waals surface area contributed by atoms with Gasteiger partial charge in [-0.3, -0.25) is 9.36 Å². The van der Waals surface area contributed by atoms with Crippen LogP contribution in [0.3, 0.4) is 0 Å². The molecule has 1 aromatic heterocycles. The molecule has 2 aromatic carbocycles. The maximum atomic E-state index is 13.8. The molecule has 0 unspecified atom stereocenters. The summed E-state index contributed by atoms with van der Waals surface area (Å²) in [5, 5.41) is 0. The first-order valence-electron chi connectivity index (χ1n) is 8.81. The molecule has 0 saturated carbocycles. The molecule has 0 aliphatic rings. The molecule has 0 atom stereocenters. The van der Waals surface area contributed by atoms with Crippen molar-refractivity contribution < 1.29 is 23.0 Å². The highest BCUT2D eigenvalue weighted by molar-refractivity contribution is 9.10. The van der Waals surface area contributed by atoms with Gasteiger partial charge < -0.3 is 9.47 Å². The number of hydrogen-bond donors (Lipinski definition) is 0. The Bertz CT molecular complexity index is 1150. The van der Waals surface area contributed by atoms with Gasteiger partial charge in [-0.2, -0.15) is 4.98 Å². The first-order chi connectivity index (χ1) is 14.3. The Morgan fingerprint density at radius 1 is 1.17 bits per heavy atom. The zero-order valence-electron chi connectivity index (χ0n) is 16.1. The third kappa shape index (κ3) is 4.73. The van der Waals surface area contributed by atoms with Crippen LogP contribution < -0.4 is 10.3 Å². The lowest BCUT2D eigenvalue weighted by molar-refractivity contribution is 0.0600. The van der Waals surface area contributed by atoms with E-state index in [0.717, 1.165) is 17.7 Å². The number of esters is 1. The van der Waals surface area contributed by atoms with Crippen LogP contribution in [0.4, 0.5) is 8.78 Å². The van der Waals surface area contributed by atoms with Crippen molar-refractivity contribution in [3.63, 3.8) is 0 Å². The van der Waals surface area contributed by atoms with Crippen LogP contribution in [-0.2, 0) is 17.9 Å². The van der Waals surface area contributed by atoms with Gasteiger partial charge in [-0.15, -0.1) is 0 Å². The molecule has 9 heteroatoms. The number of aromatic nitrogens is 2. The van der Waals surface area contributed by atoms with Crippen LogP contribution in [0.5, 0.6) is 5.88 Å². The number of carbonyl (C=O) groups excluding carboxylic acids is 1. The van der Waals surface area contributed by atoms with Gasteiger partial charge >= 0.3 is 5.97 Å². The van der Waals surface area contributed by atoms with Crippen molar-refractivity contribution >= 4 is 21.9 Å². The maximum absolute atomic E-state index is 13.8. The lowest BCUT2D eigenvalue weighted by atomic mass is 10.1. The number of halogens is 3. The van der Waals surface area contributed by atoms with E-state index in [1.807, 2.05) is 0 Å². The summed E-state index contributed by atoms with van der Waals surface area (Å²) in [4.78, 5) is 28.6. The smallest absolute Gasteiger partial charge is 0.337 e. The topological polar surface area (TPSA) is 70.4 Å². The molecular weight excluding hydrogens is 462 g/mol. The molecule has 3 aromatic rings. The number of aryl methyl sites for hydroxylation is 1. The quantitative estimate of drug-likeness (QED) is 0.500. The van der Waals surface area contributed by atoms with E-state index in [2.05, 4.69) is 25.7 Å². The van der Waals surface area contributed by atoms with Gasteiger partial charge in [0.25, 0.3) is 5.56 Å². The van der Waals surface area contributed by atoms with Crippen molar-refractivity contribution in [2.45, 2.75) is 20.1 Å². The fourth-order valence-electron chi connectivity index (χ4n) is 2.73. The largest absolute Gasteiger partial charge is 0.472 e. The molecule has 0 radical (unpaired) electrons. The number of ether oxygens (including phenoxy) is 2. The number of carbonyl (C=O) groups is 1. The highest BCUT2D eigenvalue weighted by Gasteiger charge is 2.15. The molecule has 0 bridgehead atoms. The zero-order valence-corrected chi connectivity index (χ0v) is 17.7. The van der Waals surface area contributed by atoms with Crippen molar-refractivity contribution in [3.8, 4) is 5.88 Å². The molecule has 0 aliphatic carbocycles. The van der Waals surface area contributed by atoms with Crippen LogP contribution in [0.2, 0.25) is 0 Å². The third-order valence-electron chi connectivity index (χ3n) is 4.37. The Labute approximate surface area is 179 Å². The fraction of sp³-hybridized carbons (Fsp3) is 0.190. The number of hydrogen-bond acceptors (Lipinski definition) is 5. The number of nitrogens with zero attached hydrogens (tertiary/aromatic N) is 2. The van der Waals surface area contributed by atoms with Crippen molar-refractivity contribution in [1.82, 2.24) is 9.55 Å². The van der Waals surface area contributed by atoms with Gasteiger partial charge in [0.2, 0.25) is 5.88 Å². The molecule has 1 heterocycles. The van der Waals surface area contributed by atoms with Gasteiger partial charge in [0.15, 0.2) is 0 Å². The van der Waals surface area contributed by atoms with Crippen molar-refractivity contribution in [2.75, 3.05) is 7.11 Å². The van der Waals surface area contributed by atoms with Gasteiger partial charge in [-0.25, -0.2) is 13.6 Å². The number of rotatable bonds is 6.